The minimum absolute atomic E-state index is 0.0346. The molecule has 0 amide bonds. The van der Waals surface area contributed by atoms with Gasteiger partial charge in [-0.25, -0.2) is 14.4 Å². The third kappa shape index (κ3) is 13.2. The number of hydrogen-bond acceptors (Lipinski definition) is 8. The van der Waals surface area contributed by atoms with E-state index < -0.39 is 11.9 Å². The van der Waals surface area contributed by atoms with Gasteiger partial charge in [-0.3, -0.25) is 0 Å². The molecular formula is C35H44O8. The van der Waals surface area contributed by atoms with Crippen LogP contribution in [-0.2, 0) is 19.1 Å². The topological polar surface area (TPSA) is 97.4 Å². The molecule has 1 unspecified atom stereocenters. The van der Waals surface area contributed by atoms with Crippen LogP contribution in [0.3, 0.4) is 0 Å². The van der Waals surface area contributed by atoms with Gasteiger partial charge < -0.3 is 23.7 Å². The number of cyclic esters (lactones) is 1. The lowest BCUT2D eigenvalue weighted by atomic mass is 10.0. The molecule has 0 aromatic heterocycles. The molecule has 43 heavy (non-hydrogen) atoms. The highest BCUT2D eigenvalue weighted by Crippen LogP contribution is 2.24. The molecule has 1 atom stereocenters. The Hall–Kier alpha value is -4.07. The van der Waals surface area contributed by atoms with Crippen LogP contribution >= 0.6 is 0 Å². The second-order valence-corrected chi connectivity index (χ2v) is 10.6. The fourth-order valence-corrected chi connectivity index (χ4v) is 4.60. The molecule has 1 saturated heterocycles. The van der Waals surface area contributed by atoms with Crippen molar-refractivity contribution in [1.82, 2.24) is 0 Å². The quantitative estimate of drug-likeness (QED) is 0.0634. The zero-order chi connectivity index (χ0) is 30.7. The van der Waals surface area contributed by atoms with Crippen LogP contribution < -0.4 is 14.2 Å². The van der Waals surface area contributed by atoms with Crippen molar-refractivity contribution in [1.29, 1.82) is 0 Å². The molecule has 0 bridgehead atoms. The van der Waals surface area contributed by atoms with E-state index in [0.29, 0.717) is 48.9 Å². The summed E-state index contributed by atoms with van der Waals surface area (Å²) in [6.07, 6.45) is 13.2. The first-order valence-electron chi connectivity index (χ1n) is 15.3. The van der Waals surface area contributed by atoms with E-state index in [1.54, 1.807) is 48.5 Å². The molecule has 8 nitrogen and oxygen atoms in total. The molecular weight excluding hydrogens is 548 g/mol. The highest BCUT2D eigenvalue weighted by molar-refractivity contribution is 5.91. The monoisotopic (exact) mass is 592 g/mol. The number of hydrogen-bond donors (Lipinski definition) is 0. The van der Waals surface area contributed by atoms with E-state index in [0.717, 1.165) is 63.2 Å². The Kier molecular flexibility index (Phi) is 14.9. The van der Waals surface area contributed by atoms with E-state index in [4.69, 9.17) is 23.7 Å². The molecule has 3 rings (SSSR count). The standard InChI is InChI=1S/C35H44O8/c1-3-33(36)41-25-13-9-12-24-40-30-19-21-31(22-20-30)42-35(38)28-15-17-29(18-16-28)39-23-11-8-6-4-5-7-10-14-32-26-27(2)34(37)43-32/h3,15-22,32H,1-2,4-14,23-26H2. The maximum absolute atomic E-state index is 12.5. The second-order valence-electron chi connectivity index (χ2n) is 10.6. The van der Waals surface area contributed by atoms with Gasteiger partial charge in [0, 0.05) is 18.1 Å². The smallest absolute Gasteiger partial charge is 0.343 e. The fraction of sp³-hybridized carbons (Fsp3) is 0.457. The molecule has 0 saturated carbocycles. The largest absolute Gasteiger partial charge is 0.494 e. The Morgan fingerprint density at radius 3 is 1.84 bits per heavy atom. The van der Waals surface area contributed by atoms with Crippen LogP contribution in [0.5, 0.6) is 17.2 Å². The Labute approximate surface area is 255 Å². The van der Waals surface area contributed by atoms with Crippen LogP contribution in [0.1, 0.15) is 87.4 Å². The van der Waals surface area contributed by atoms with Gasteiger partial charge in [-0.05, 0) is 87.1 Å². The van der Waals surface area contributed by atoms with Crippen molar-refractivity contribution in [3.05, 3.63) is 78.9 Å². The zero-order valence-electron chi connectivity index (χ0n) is 25.1. The summed E-state index contributed by atoms with van der Waals surface area (Å²) in [5.74, 6) is 0.781. The fourth-order valence-electron chi connectivity index (χ4n) is 4.60. The SMILES string of the molecule is C=CC(=O)OCCCCCOc1ccc(OC(=O)c2ccc(OCCCCCCCCCC3CC(=C)C(=O)O3)cc2)cc1. The first-order valence-corrected chi connectivity index (χ1v) is 15.3. The number of benzene rings is 2. The van der Waals surface area contributed by atoms with Crippen molar-refractivity contribution in [3.63, 3.8) is 0 Å². The highest BCUT2D eigenvalue weighted by Gasteiger charge is 2.26. The number of unbranched alkanes of at least 4 members (excludes halogenated alkanes) is 8. The lowest BCUT2D eigenvalue weighted by Gasteiger charge is -2.09. The Morgan fingerprint density at radius 1 is 0.744 bits per heavy atom. The molecule has 2 aromatic rings. The number of rotatable bonds is 21. The van der Waals surface area contributed by atoms with Crippen LogP contribution in [0.15, 0.2) is 73.3 Å². The van der Waals surface area contributed by atoms with Crippen molar-refractivity contribution < 1.29 is 38.1 Å². The van der Waals surface area contributed by atoms with Gasteiger partial charge in [0.05, 0.1) is 25.4 Å². The highest BCUT2D eigenvalue weighted by atomic mass is 16.6. The number of carbonyl (C=O) groups excluding carboxylic acids is 3. The third-order valence-electron chi connectivity index (χ3n) is 7.07. The van der Waals surface area contributed by atoms with Gasteiger partial charge in [0.2, 0.25) is 0 Å². The minimum Gasteiger partial charge on any atom is -0.494 e. The average molecular weight is 593 g/mol. The molecule has 0 radical (unpaired) electrons. The predicted octanol–water partition coefficient (Wildman–Crippen LogP) is 7.56. The zero-order valence-corrected chi connectivity index (χ0v) is 25.1. The van der Waals surface area contributed by atoms with E-state index in [9.17, 15) is 14.4 Å². The summed E-state index contributed by atoms with van der Waals surface area (Å²) in [7, 11) is 0. The first-order chi connectivity index (χ1) is 20.9. The minimum atomic E-state index is -0.438. The molecule has 2 aromatic carbocycles. The Bertz CT molecular complexity index is 1150. The average Bonchev–Trinajstić information content (AvgIpc) is 3.34. The van der Waals surface area contributed by atoms with E-state index >= 15 is 0 Å². The predicted molar refractivity (Wildman–Crippen MR) is 164 cm³/mol. The van der Waals surface area contributed by atoms with Crippen molar-refractivity contribution in [2.45, 2.75) is 83.2 Å². The van der Waals surface area contributed by atoms with E-state index in [1.165, 1.54) is 19.3 Å². The summed E-state index contributed by atoms with van der Waals surface area (Å²) in [4.78, 5) is 34.9. The Balaban J connectivity index is 1.20. The third-order valence-corrected chi connectivity index (χ3v) is 7.07. The van der Waals surface area contributed by atoms with Crippen LogP contribution in [0.4, 0.5) is 0 Å². The van der Waals surface area contributed by atoms with Crippen molar-refractivity contribution >= 4 is 17.9 Å². The molecule has 1 aliphatic heterocycles. The molecule has 0 spiro atoms. The summed E-state index contributed by atoms with van der Waals surface area (Å²) >= 11 is 0. The molecule has 8 heteroatoms. The maximum Gasteiger partial charge on any atom is 0.343 e. The van der Waals surface area contributed by atoms with Gasteiger partial charge in [0.1, 0.15) is 23.4 Å². The van der Waals surface area contributed by atoms with Crippen LogP contribution in [0.25, 0.3) is 0 Å². The summed E-state index contributed by atoms with van der Waals surface area (Å²) in [5, 5.41) is 0. The molecule has 0 N–H and O–H groups in total. The summed E-state index contributed by atoms with van der Waals surface area (Å²) in [5.41, 5.74) is 1.05. The van der Waals surface area contributed by atoms with Gasteiger partial charge in [0.15, 0.2) is 0 Å². The summed E-state index contributed by atoms with van der Waals surface area (Å²) in [6, 6.07) is 13.9. The van der Waals surface area contributed by atoms with Crippen molar-refractivity contribution in [3.8, 4) is 17.2 Å². The second kappa shape index (κ2) is 19.2. The van der Waals surface area contributed by atoms with Crippen LogP contribution in [0, 0.1) is 0 Å². The first kappa shape index (κ1) is 33.4. The van der Waals surface area contributed by atoms with Gasteiger partial charge in [-0.1, -0.05) is 45.3 Å². The van der Waals surface area contributed by atoms with Crippen molar-refractivity contribution in [2.24, 2.45) is 0 Å². The summed E-state index contributed by atoms with van der Waals surface area (Å²) in [6.45, 7) is 8.65. The number of esters is 3. The summed E-state index contributed by atoms with van der Waals surface area (Å²) < 4.78 is 27.2. The Morgan fingerprint density at radius 2 is 1.26 bits per heavy atom. The lowest BCUT2D eigenvalue weighted by molar-refractivity contribution is -0.139. The molecule has 1 heterocycles. The van der Waals surface area contributed by atoms with Gasteiger partial charge in [0.25, 0.3) is 0 Å². The molecule has 0 aliphatic carbocycles. The normalized spacial score (nSPS) is 14.2. The van der Waals surface area contributed by atoms with E-state index in [-0.39, 0.29) is 12.1 Å². The lowest BCUT2D eigenvalue weighted by Crippen LogP contribution is -2.08. The van der Waals surface area contributed by atoms with Crippen molar-refractivity contribution in [2.75, 3.05) is 19.8 Å². The van der Waals surface area contributed by atoms with E-state index in [2.05, 4.69) is 13.2 Å². The van der Waals surface area contributed by atoms with Gasteiger partial charge in [-0.2, -0.15) is 0 Å². The van der Waals surface area contributed by atoms with E-state index in [1.807, 2.05) is 0 Å². The molecule has 1 aliphatic rings. The van der Waals surface area contributed by atoms with Crippen LogP contribution in [-0.4, -0.2) is 43.8 Å². The van der Waals surface area contributed by atoms with Crippen LogP contribution in [0.2, 0.25) is 0 Å². The van der Waals surface area contributed by atoms with Gasteiger partial charge in [-0.15, -0.1) is 0 Å². The molecule has 1 fully saturated rings. The maximum atomic E-state index is 12.5. The van der Waals surface area contributed by atoms with Gasteiger partial charge >= 0.3 is 17.9 Å². The number of ether oxygens (including phenoxy) is 5. The molecule has 232 valence electrons. The number of carbonyl (C=O) groups is 3.